The summed E-state index contributed by atoms with van der Waals surface area (Å²) < 4.78 is 6.79. The molecule has 3 aromatic heterocycles. The van der Waals surface area contributed by atoms with E-state index in [-0.39, 0.29) is 5.91 Å². The van der Waals surface area contributed by atoms with Gasteiger partial charge in [0.05, 0.1) is 12.3 Å². The molecule has 0 bridgehead atoms. The number of fused-ring (bicyclic) bond motifs is 1. The molecule has 4 rings (SSSR count). The fraction of sp³-hybridized carbons (Fsp3) is 0.227. The van der Waals surface area contributed by atoms with E-state index in [1.54, 1.807) is 23.1 Å². The number of amides is 1. The molecule has 0 saturated carbocycles. The normalized spacial score (nSPS) is 11.1. The van der Waals surface area contributed by atoms with Crippen LogP contribution in [0.2, 0.25) is 0 Å². The largest absolute Gasteiger partial charge is 0.383 e. The number of pyridine rings is 1. The predicted octanol–water partition coefficient (Wildman–Crippen LogP) is 3.66. The van der Waals surface area contributed by atoms with Gasteiger partial charge < -0.3 is 10.1 Å². The van der Waals surface area contributed by atoms with E-state index in [1.165, 1.54) is 5.56 Å². The fourth-order valence-electron chi connectivity index (χ4n) is 3.22. The lowest BCUT2D eigenvalue weighted by atomic mass is 10.0. The summed E-state index contributed by atoms with van der Waals surface area (Å²) >= 11 is 1.55. The average Bonchev–Trinajstić information content (AvgIpc) is 3.37. The van der Waals surface area contributed by atoms with Crippen molar-refractivity contribution in [3.8, 4) is 11.3 Å². The van der Waals surface area contributed by atoms with E-state index in [0.29, 0.717) is 18.8 Å². The van der Waals surface area contributed by atoms with E-state index in [4.69, 9.17) is 4.74 Å². The van der Waals surface area contributed by atoms with Gasteiger partial charge in [-0.3, -0.25) is 9.48 Å². The minimum absolute atomic E-state index is 0.177. The summed E-state index contributed by atoms with van der Waals surface area (Å²) in [5, 5.41) is 10.4. The van der Waals surface area contributed by atoms with Gasteiger partial charge >= 0.3 is 0 Å². The molecule has 1 aromatic carbocycles. The minimum atomic E-state index is -0.177. The molecule has 3 heterocycles. The lowest BCUT2D eigenvalue weighted by molar-refractivity contribution is 0.0932. The zero-order chi connectivity index (χ0) is 20.2. The highest BCUT2D eigenvalue weighted by Gasteiger charge is 2.13. The van der Waals surface area contributed by atoms with Crippen molar-refractivity contribution in [3.05, 3.63) is 70.9 Å². The highest BCUT2D eigenvalue weighted by atomic mass is 32.1. The number of ether oxygens (including phenoxy) is 1. The lowest BCUT2D eigenvalue weighted by Crippen LogP contribution is -2.27. The summed E-state index contributed by atoms with van der Waals surface area (Å²) in [6.07, 6.45) is 2.67. The Balaban J connectivity index is 1.58. The van der Waals surface area contributed by atoms with E-state index in [9.17, 15) is 4.79 Å². The second kappa shape index (κ2) is 8.55. The Hall–Kier alpha value is -3.03. The molecule has 0 saturated heterocycles. The van der Waals surface area contributed by atoms with Crippen molar-refractivity contribution in [1.82, 2.24) is 20.1 Å². The first kappa shape index (κ1) is 19.3. The van der Waals surface area contributed by atoms with Crippen LogP contribution in [0.3, 0.4) is 0 Å². The predicted molar refractivity (Wildman–Crippen MR) is 115 cm³/mol. The molecule has 148 valence electrons. The summed E-state index contributed by atoms with van der Waals surface area (Å²) in [6.45, 7) is 0.937. The van der Waals surface area contributed by atoms with Gasteiger partial charge in [-0.1, -0.05) is 24.3 Å². The smallest absolute Gasteiger partial charge is 0.270 e. The Morgan fingerprint density at radius 3 is 2.76 bits per heavy atom. The third-order valence-electron chi connectivity index (χ3n) is 4.71. The van der Waals surface area contributed by atoms with Gasteiger partial charge in [0, 0.05) is 37.8 Å². The van der Waals surface area contributed by atoms with E-state index in [2.05, 4.69) is 45.7 Å². The number of nitrogens with zero attached hydrogens (tertiary/aromatic N) is 3. The molecule has 0 radical (unpaired) electrons. The van der Waals surface area contributed by atoms with Crippen molar-refractivity contribution in [2.75, 3.05) is 20.3 Å². The van der Waals surface area contributed by atoms with Crippen LogP contribution in [0.5, 0.6) is 0 Å². The van der Waals surface area contributed by atoms with Crippen LogP contribution in [0.4, 0.5) is 0 Å². The van der Waals surface area contributed by atoms with Gasteiger partial charge in [-0.2, -0.15) is 5.10 Å². The number of carbonyl (C=O) groups excluding carboxylic acids is 1. The summed E-state index contributed by atoms with van der Waals surface area (Å²) in [4.78, 5) is 17.9. The van der Waals surface area contributed by atoms with Gasteiger partial charge in [-0.15, -0.1) is 11.3 Å². The number of aryl methyl sites for hydroxylation is 1. The van der Waals surface area contributed by atoms with Crippen molar-refractivity contribution in [2.24, 2.45) is 7.05 Å². The van der Waals surface area contributed by atoms with Gasteiger partial charge in [-0.05, 0) is 41.1 Å². The van der Waals surface area contributed by atoms with Crippen LogP contribution in [0.1, 0.15) is 21.6 Å². The zero-order valence-electron chi connectivity index (χ0n) is 16.4. The van der Waals surface area contributed by atoms with Gasteiger partial charge in [0.2, 0.25) is 0 Å². The second-order valence-electron chi connectivity index (χ2n) is 6.80. The van der Waals surface area contributed by atoms with Crippen LogP contribution in [0.25, 0.3) is 21.5 Å². The molecule has 29 heavy (non-hydrogen) atoms. The Morgan fingerprint density at radius 2 is 2.03 bits per heavy atom. The molecule has 6 nitrogen and oxygen atoms in total. The number of benzene rings is 1. The van der Waals surface area contributed by atoms with Crippen LogP contribution in [-0.4, -0.2) is 40.9 Å². The number of carbonyl (C=O) groups is 1. The molecule has 0 aliphatic carbocycles. The molecular formula is C22H22N4O2S. The molecule has 0 aliphatic heterocycles. The molecule has 0 spiro atoms. The zero-order valence-corrected chi connectivity index (χ0v) is 17.2. The van der Waals surface area contributed by atoms with Crippen molar-refractivity contribution in [2.45, 2.75) is 6.42 Å². The van der Waals surface area contributed by atoms with Gasteiger partial charge in [0.25, 0.3) is 5.91 Å². The number of hydrogen-bond acceptors (Lipinski definition) is 5. The summed E-state index contributed by atoms with van der Waals surface area (Å²) in [7, 11) is 3.52. The van der Waals surface area contributed by atoms with E-state index < -0.39 is 0 Å². The molecule has 7 heteroatoms. The van der Waals surface area contributed by atoms with E-state index in [0.717, 1.165) is 33.5 Å². The summed E-state index contributed by atoms with van der Waals surface area (Å²) in [6, 6.07) is 14.4. The maximum Gasteiger partial charge on any atom is 0.270 e. The standard InChI is InChI=1S/C22H22N4O2S/c1-26-10-7-19(25-26)16-5-3-15(4-6-16)13-17-14-20(21(27)23-9-11-28-2)24-22-18(17)8-12-29-22/h3-8,10,12,14H,9,11,13H2,1-2H3,(H,23,27). The first-order valence-corrected chi connectivity index (χ1v) is 10.3. The number of aromatic nitrogens is 3. The quantitative estimate of drug-likeness (QED) is 0.476. The number of hydrogen-bond donors (Lipinski definition) is 1. The summed E-state index contributed by atoms with van der Waals surface area (Å²) in [5.41, 5.74) is 4.75. The Morgan fingerprint density at radius 1 is 1.21 bits per heavy atom. The van der Waals surface area contributed by atoms with Crippen molar-refractivity contribution < 1.29 is 9.53 Å². The van der Waals surface area contributed by atoms with Gasteiger partial charge in [-0.25, -0.2) is 4.98 Å². The summed E-state index contributed by atoms with van der Waals surface area (Å²) in [5.74, 6) is -0.177. The van der Waals surface area contributed by atoms with Gasteiger partial charge in [0.15, 0.2) is 0 Å². The van der Waals surface area contributed by atoms with Gasteiger partial charge in [0.1, 0.15) is 10.5 Å². The van der Waals surface area contributed by atoms with Crippen molar-refractivity contribution in [1.29, 1.82) is 0 Å². The van der Waals surface area contributed by atoms with E-state index >= 15 is 0 Å². The SMILES string of the molecule is COCCNC(=O)c1cc(Cc2ccc(-c3ccn(C)n3)cc2)c2ccsc2n1. The highest BCUT2D eigenvalue weighted by Crippen LogP contribution is 2.26. The van der Waals surface area contributed by atoms with Crippen LogP contribution < -0.4 is 5.32 Å². The monoisotopic (exact) mass is 406 g/mol. The maximum absolute atomic E-state index is 12.5. The first-order chi connectivity index (χ1) is 14.1. The second-order valence-corrected chi connectivity index (χ2v) is 7.70. The number of thiophene rings is 1. The maximum atomic E-state index is 12.5. The Bertz CT molecular complexity index is 1130. The molecule has 1 N–H and O–H groups in total. The third kappa shape index (κ3) is 4.36. The van der Waals surface area contributed by atoms with Crippen LogP contribution in [-0.2, 0) is 18.2 Å². The third-order valence-corrected chi connectivity index (χ3v) is 5.51. The first-order valence-electron chi connectivity index (χ1n) is 9.37. The molecule has 0 atom stereocenters. The number of rotatable bonds is 7. The molecular weight excluding hydrogens is 384 g/mol. The average molecular weight is 407 g/mol. The van der Waals surface area contributed by atoms with E-state index in [1.807, 2.05) is 30.8 Å². The number of nitrogens with one attached hydrogen (secondary N) is 1. The van der Waals surface area contributed by atoms with Crippen LogP contribution in [0.15, 0.2) is 54.0 Å². The van der Waals surface area contributed by atoms with Crippen LogP contribution in [0, 0.1) is 0 Å². The molecule has 0 unspecified atom stereocenters. The van der Waals surface area contributed by atoms with Crippen molar-refractivity contribution >= 4 is 27.5 Å². The Labute approximate surface area is 173 Å². The Kier molecular flexibility index (Phi) is 5.69. The molecule has 4 aromatic rings. The topological polar surface area (TPSA) is 69.0 Å². The van der Waals surface area contributed by atoms with Crippen molar-refractivity contribution in [3.63, 3.8) is 0 Å². The molecule has 1 amide bonds. The minimum Gasteiger partial charge on any atom is -0.383 e. The number of methoxy groups -OCH3 is 1. The molecule has 0 fully saturated rings. The van der Waals surface area contributed by atoms with Crippen LogP contribution >= 0.6 is 11.3 Å². The highest BCUT2D eigenvalue weighted by molar-refractivity contribution is 7.16. The molecule has 0 aliphatic rings. The fourth-order valence-corrected chi connectivity index (χ4v) is 4.03. The lowest BCUT2D eigenvalue weighted by Gasteiger charge is -2.09.